The molecule has 0 radical (unpaired) electrons. The van der Waals surface area contributed by atoms with Crippen molar-refractivity contribution in [2.45, 2.75) is 6.18 Å². The first-order valence-electron chi connectivity index (χ1n) is 6.07. The van der Waals surface area contributed by atoms with E-state index in [1.165, 1.54) is 6.07 Å². The van der Waals surface area contributed by atoms with Crippen LogP contribution in [0.3, 0.4) is 0 Å². The Morgan fingerprint density at radius 1 is 1.25 bits per heavy atom. The van der Waals surface area contributed by atoms with Gasteiger partial charge in [-0.25, -0.2) is 4.98 Å². The molecule has 0 atom stereocenters. The standard InChI is InChI=1S/C13H6Cl2F3N3O3/c14-7-1-2-8(10(4-7)21(23)24)12(22)20-11-9(15)3-6(5-19-11)13(16,17)18/h1-5H,(H,19,20,22). The third-order valence-electron chi connectivity index (χ3n) is 2.80. The number of nitro benzene ring substituents is 1. The highest BCUT2D eigenvalue weighted by atomic mass is 35.5. The monoisotopic (exact) mass is 379 g/mol. The summed E-state index contributed by atoms with van der Waals surface area (Å²) in [4.78, 5) is 25.7. The molecule has 6 nitrogen and oxygen atoms in total. The maximum atomic E-state index is 12.5. The number of alkyl halides is 3. The number of pyridine rings is 1. The van der Waals surface area contributed by atoms with Crippen LogP contribution in [0.25, 0.3) is 0 Å². The molecule has 126 valence electrons. The van der Waals surface area contributed by atoms with Crippen LogP contribution in [-0.4, -0.2) is 15.8 Å². The van der Waals surface area contributed by atoms with Crippen LogP contribution >= 0.6 is 23.2 Å². The van der Waals surface area contributed by atoms with Gasteiger partial charge in [0.15, 0.2) is 5.82 Å². The molecule has 1 N–H and O–H groups in total. The van der Waals surface area contributed by atoms with Crippen LogP contribution in [0.15, 0.2) is 30.5 Å². The van der Waals surface area contributed by atoms with Crippen LogP contribution in [0, 0.1) is 10.1 Å². The van der Waals surface area contributed by atoms with Crippen molar-refractivity contribution in [3.05, 3.63) is 61.7 Å². The van der Waals surface area contributed by atoms with E-state index in [1.54, 1.807) is 0 Å². The zero-order chi connectivity index (χ0) is 18.1. The van der Waals surface area contributed by atoms with E-state index in [0.717, 1.165) is 12.1 Å². The summed E-state index contributed by atoms with van der Waals surface area (Å²) in [6, 6.07) is 3.91. The Morgan fingerprint density at radius 2 is 1.92 bits per heavy atom. The lowest BCUT2D eigenvalue weighted by Crippen LogP contribution is -2.16. The third-order valence-corrected chi connectivity index (χ3v) is 3.32. The number of amides is 1. The molecule has 11 heteroatoms. The normalized spacial score (nSPS) is 11.2. The second-order valence-corrected chi connectivity index (χ2v) is 5.27. The van der Waals surface area contributed by atoms with Gasteiger partial charge in [0.2, 0.25) is 0 Å². The summed E-state index contributed by atoms with van der Waals surface area (Å²) in [5.74, 6) is -1.33. The van der Waals surface area contributed by atoms with E-state index in [4.69, 9.17) is 23.2 Å². The molecule has 1 aromatic heterocycles. The Morgan fingerprint density at radius 3 is 2.46 bits per heavy atom. The second kappa shape index (κ2) is 6.62. The summed E-state index contributed by atoms with van der Waals surface area (Å²) in [6.07, 6.45) is -4.16. The van der Waals surface area contributed by atoms with Gasteiger partial charge in [0.05, 0.1) is 15.5 Å². The minimum atomic E-state index is -4.64. The maximum absolute atomic E-state index is 12.5. The summed E-state index contributed by atoms with van der Waals surface area (Å²) in [5.41, 5.74) is -2.01. The quantitative estimate of drug-likeness (QED) is 0.625. The average Bonchev–Trinajstić information content (AvgIpc) is 2.47. The largest absolute Gasteiger partial charge is 0.417 e. The number of hydrogen-bond donors (Lipinski definition) is 1. The number of carbonyl (C=O) groups is 1. The summed E-state index contributed by atoms with van der Waals surface area (Å²) in [6.45, 7) is 0. The van der Waals surface area contributed by atoms with Gasteiger partial charge in [0.25, 0.3) is 11.6 Å². The number of halogens is 5. The zero-order valence-electron chi connectivity index (χ0n) is 11.4. The van der Waals surface area contributed by atoms with Crippen molar-refractivity contribution in [1.82, 2.24) is 4.98 Å². The van der Waals surface area contributed by atoms with Crippen LogP contribution in [0.5, 0.6) is 0 Å². The molecule has 0 aliphatic rings. The van der Waals surface area contributed by atoms with E-state index in [9.17, 15) is 28.1 Å². The Labute approximate surface area is 142 Å². The van der Waals surface area contributed by atoms with E-state index in [1.807, 2.05) is 0 Å². The highest BCUT2D eigenvalue weighted by molar-refractivity contribution is 6.33. The minimum absolute atomic E-state index is 0.0453. The number of benzene rings is 1. The molecule has 0 saturated heterocycles. The summed E-state index contributed by atoms with van der Waals surface area (Å²) in [5, 5.41) is 12.7. The van der Waals surface area contributed by atoms with Gasteiger partial charge < -0.3 is 5.32 Å². The van der Waals surface area contributed by atoms with Crippen molar-refractivity contribution in [3.8, 4) is 0 Å². The van der Waals surface area contributed by atoms with Crippen molar-refractivity contribution in [1.29, 1.82) is 0 Å². The minimum Gasteiger partial charge on any atom is -0.305 e. The van der Waals surface area contributed by atoms with Crippen molar-refractivity contribution in [3.63, 3.8) is 0 Å². The van der Waals surface area contributed by atoms with Crippen LogP contribution in [-0.2, 0) is 6.18 Å². The van der Waals surface area contributed by atoms with Gasteiger partial charge in [-0.2, -0.15) is 13.2 Å². The van der Waals surface area contributed by atoms with E-state index in [-0.39, 0.29) is 16.4 Å². The van der Waals surface area contributed by atoms with E-state index in [2.05, 4.69) is 10.3 Å². The molecule has 0 saturated carbocycles. The number of aromatic nitrogens is 1. The summed E-state index contributed by atoms with van der Waals surface area (Å²) >= 11 is 11.3. The topological polar surface area (TPSA) is 85.1 Å². The van der Waals surface area contributed by atoms with E-state index in [0.29, 0.717) is 12.3 Å². The fourth-order valence-electron chi connectivity index (χ4n) is 1.71. The van der Waals surface area contributed by atoms with Crippen LogP contribution < -0.4 is 5.32 Å². The highest BCUT2D eigenvalue weighted by Gasteiger charge is 2.32. The average molecular weight is 380 g/mol. The first-order chi connectivity index (χ1) is 11.1. The first-order valence-corrected chi connectivity index (χ1v) is 6.83. The number of nitro groups is 1. The van der Waals surface area contributed by atoms with Gasteiger partial charge in [0.1, 0.15) is 5.56 Å². The first kappa shape index (κ1) is 18.0. The lowest BCUT2D eigenvalue weighted by Gasteiger charge is -2.10. The molecule has 1 amide bonds. The van der Waals surface area contributed by atoms with Gasteiger partial charge in [-0.3, -0.25) is 14.9 Å². The SMILES string of the molecule is O=C(Nc1ncc(C(F)(F)F)cc1Cl)c1ccc(Cl)cc1[N+](=O)[O-]. The number of nitrogens with zero attached hydrogens (tertiary/aromatic N) is 2. The molecule has 0 aliphatic heterocycles. The van der Waals surface area contributed by atoms with Gasteiger partial charge in [-0.15, -0.1) is 0 Å². The molecule has 0 bridgehead atoms. The molecule has 0 spiro atoms. The van der Waals surface area contributed by atoms with Crippen molar-refractivity contribution in [2.24, 2.45) is 0 Å². The Hall–Kier alpha value is -2.39. The number of nitrogens with one attached hydrogen (secondary N) is 1. The van der Waals surface area contributed by atoms with Gasteiger partial charge in [0, 0.05) is 17.3 Å². The smallest absolute Gasteiger partial charge is 0.305 e. The van der Waals surface area contributed by atoms with Crippen molar-refractivity contribution in [2.75, 3.05) is 5.32 Å². The molecule has 2 aromatic rings. The number of hydrogen-bond acceptors (Lipinski definition) is 4. The van der Waals surface area contributed by atoms with Gasteiger partial charge >= 0.3 is 6.18 Å². The molecule has 0 unspecified atom stereocenters. The molecular weight excluding hydrogens is 374 g/mol. The van der Waals surface area contributed by atoms with Crippen molar-refractivity contribution >= 4 is 40.6 Å². The molecule has 24 heavy (non-hydrogen) atoms. The fourth-order valence-corrected chi connectivity index (χ4v) is 2.09. The Bertz CT molecular complexity index is 828. The molecule has 0 fully saturated rings. The molecule has 1 aromatic carbocycles. The fraction of sp³-hybridized carbons (Fsp3) is 0.0769. The van der Waals surface area contributed by atoms with Crippen LogP contribution in [0.1, 0.15) is 15.9 Å². The molecular formula is C13H6Cl2F3N3O3. The highest BCUT2D eigenvalue weighted by Crippen LogP contribution is 2.32. The van der Waals surface area contributed by atoms with Crippen LogP contribution in [0.4, 0.5) is 24.7 Å². The number of carbonyl (C=O) groups excluding carboxylic acids is 1. The lowest BCUT2D eigenvalue weighted by atomic mass is 10.1. The zero-order valence-corrected chi connectivity index (χ0v) is 12.9. The predicted octanol–water partition coefficient (Wildman–Crippen LogP) is 4.57. The third kappa shape index (κ3) is 3.92. The van der Waals surface area contributed by atoms with E-state index >= 15 is 0 Å². The molecule has 0 aliphatic carbocycles. The van der Waals surface area contributed by atoms with Gasteiger partial charge in [-0.1, -0.05) is 23.2 Å². The van der Waals surface area contributed by atoms with Crippen LogP contribution in [0.2, 0.25) is 10.0 Å². The maximum Gasteiger partial charge on any atom is 0.417 e. The summed E-state index contributed by atoms with van der Waals surface area (Å²) < 4.78 is 37.6. The molecule has 1 heterocycles. The number of rotatable bonds is 3. The summed E-state index contributed by atoms with van der Waals surface area (Å²) in [7, 11) is 0. The Balaban J connectivity index is 2.33. The van der Waals surface area contributed by atoms with E-state index < -0.39 is 33.3 Å². The number of anilines is 1. The second-order valence-electron chi connectivity index (χ2n) is 4.42. The van der Waals surface area contributed by atoms with Gasteiger partial charge in [-0.05, 0) is 18.2 Å². The Kier molecular flexibility index (Phi) is 4.95. The predicted molar refractivity (Wildman–Crippen MR) is 80.3 cm³/mol. The lowest BCUT2D eigenvalue weighted by molar-refractivity contribution is -0.385. The van der Waals surface area contributed by atoms with Crippen molar-refractivity contribution < 1.29 is 22.9 Å². The molecule has 2 rings (SSSR count).